The monoisotopic (exact) mass is 310 g/mol. The minimum Gasteiger partial charge on any atom is -0.343 e. The molecule has 3 rings (SSSR count). The van der Waals surface area contributed by atoms with Crippen LogP contribution in [0.4, 0.5) is 0 Å². The molecule has 2 aromatic carbocycles. The molecule has 2 N–H and O–H groups in total. The molecule has 1 amide bonds. The summed E-state index contributed by atoms with van der Waals surface area (Å²) in [4.78, 5) is 14.6. The van der Waals surface area contributed by atoms with Gasteiger partial charge in [0.05, 0.1) is 0 Å². The standard InChI is InChI=1S/C20H26N2O/c1-3-22(4-2)20(23)18-12-11-17(18)19(21)16-10-9-14-7-5-6-8-15(14)13-16/h5-10,13,17-19H,3-4,11-12,21H2,1-2H3/t17-,18+,19?/m0/s1. The van der Waals surface area contributed by atoms with E-state index in [1.165, 1.54) is 10.8 Å². The van der Waals surface area contributed by atoms with Gasteiger partial charge in [0, 0.05) is 25.0 Å². The van der Waals surface area contributed by atoms with E-state index in [2.05, 4.69) is 30.3 Å². The van der Waals surface area contributed by atoms with E-state index < -0.39 is 0 Å². The molecular formula is C20H26N2O. The van der Waals surface area contributed by atoms with Crippen LogP contribution in [0.1, 0.15) is 38.3 Å². The van der Waals surface area contributed by atoms with Crippen LogP contribution < -0.4 is 5.73 Å². The van der Waals surface area contributed by atoms with Crippen molar-refractivity contribution in [2.75, 3.05) is 13.1 Å². The van der Waals surface area contributed by atoms with Crippen LogP contribution in [0.15, 0.2) is 42.5 Å². The molecule has 1 unspecified atom stereocenters. The van der Waals surface area contributed by atoms with E-state index >= 15 is 0 Å². The summed E-state index contributed by atoms with van der Waals surface area (Å²) in [5.74, 6) is 0.642. The molecule has 3 heteroatoms. The Morgan fingerprint density at radius 1 is 1.13 bits per heavy atom. The van der Waals surface area contributed by atoms with Crippen molar-refractivity contribution >= 4 is 16.7 Å². The highest BCUT2D eigenvalue weighted by Gasteiger charge is 2.41. The average molecular weight is 310 g/mol. The Bertz CT molecular complexity index is 693. The highest BCUT2D eigenvalue weighted by atomic mass is 16.2. The Kier molecular flexibility index (Phi) is 4.67. The zero-order valence-corrected chi connectivity index (χ0v) is 14.0. The van der Waals surface area contributed by atoms with Gasteiger partial charge < -0.3 is 10.6 Å². The fourth-order valence-corrected chi connectivity index (χ4v) is 3.69. The lowest BCUT2D eigenvalue weighted by Crippen LogP contribution is -2.46. The summed E-state index contributed by atoms with van der Waals surface area (Å²) in [5.41, 5.74) is 7.68. The number of rotatable bonds is 5. The molecular weight excluding hydrogens is 284 g/mol. The Hall–Kier alpha value is -1.87. The largest absolute Gasteiger partial charge is 0.343 e. The third kappa shape index (κ3) is 2.98. The van der Waals surface area contributed by atoms with E-state index in [1.54, 1.807) is 0 Å². The average Bonchev–Trinajstić information content (AvgIpc) is 2.54. The van der Waals surface area contributed by atoms with Crippen LogP contribution in [-0.4, -0.2) is 23.9 Å². The van der Waals surface area contributed by atoms with Crippen molar-refractivity contribution in [2.24, 2.45) is 17.6 Å². The highest BCUT2D eigenvalue weighted by Crippen LogP contribution is 2.43. The quantitative estimate of drug-likeness (QED) is 0.914. The van der Waals surface area contributed by atoms with Gasteiger partial charge in [0.25, 0.3) is 0 Å². The third-order valence-corrected chi connectivity index (χ3v) is 5.34. The fourth-order valence-electron chi connectivity index (χ4n) is 3.69. The first-order valence-corrected chi connectivity index (χ1v) is 8.68. The topological polar surface area (TPSA) is 46.3 Å². The summed E-state index contributed by atoms with van der Waals surface area (Å²) in [6.45, 7) is 5.64. The number of carbonyl (C=O) groups excluding carboxylic acids is 1. The van der Waals surface area contributed by atoms with Crippen LogP contribution in [0.2, 0.25) is 0 Å². The van der Waals surface area contributed by atoms with Crippen LogP contribution >= 0.6 is 0 Å². The molecule has 3 atom stereocenters. The Balaban J connectivity index is 1.79. The second kappa shape index (κ2) is 6.71. The van der Waals surface area contributed by atoms with Gasteiger partial charge >= 0.3 is 0 Å². The molecule has 1 aliphatic carbocycles. The predicted octanol–water partition coefficient (Wildman–Crippen LogP) is 3.73. The van der Waals surface area contributed by atoms with Crippen LogP contribution in [0.25, 0.3) is 10.8 Å². The summed E-state index contributed by atoms with van der Waals surface area (Å²) in [5, 5.41) is 2.44. The van der Waals surface area contributed by atoms with Crippen molar-refractivity contribution < 1.29 is 4.79 Å². The second-order valence-electron chi connectivity index (χ2n) is 6.49. The van der Waals surface area contributed by atoms with Crippen LogP contribution in [0, 0.1) is 11.8 Å². The maximum absolute atomic E-state index is 12.6. The third-order valence-electron chi connectivity index (χ3n) is 5.34. The molecule has 2 aromatic rings. The normalized spacial score (nSPS) is 21.7. The van der Waals surface area contributed by atoms with Crippen molar-refractivity contribution in [2.45, 2.75) is 32.7 Å². The Morgan fingerprint density at radius 3 is 2.43 bits per heavy atom. The summed E-state index contributed by atoms with van der Waals surface area (Å²) >= 11 is 0. The van der Waals surface area contributed by atoms with E-state index in [0.29, 0.717) is 0 Å². The maximum atomic E-state index is 12.6. The number of nitrogens with zero attached hydrogens (tertiary/aromatic N) is 1. The summed E-state index contributed by atoms with van der Waals surface area (Å²) in [6, 6.07) is 14.7. The number of benzene rings is 2. The molecule has 23 heavy (non-hydrogen) atoms. The Labute approximate surface area is 138 Å². The maximum Gasteiger partial charge on any atom is 0.226 e. The van der Waals surface area contributed by atoms with Crippen molar-refractivity contribution in [3.05, 3.63) is 48.0 Å². The zero-order valence-electron chi connectivity index (χ0n) is 14.0. The summed E-state index contributed by atoms with van der Waals surface area (Å²) in [6.07, 6.45) is 2.02. The van der Waals surface area contributed by atoms with E-state index in [-0.39, 0.29) is 23.8 Å². The molecule has 0 aromatic heterocycles. The van der Waals surface area contributed by atoms with Crippen molar-refractivity contribution in [1.82, 2.24) is 4.90 Å². The van der Waals surface area contributed by atoms with E-state index in [9.17, 15) is 4.79 Å². The molecule has 3 nitrogen and oxygen atoms in total. The van der Waals surface area contributed by atoms with Crippen molar-refractivity contribution in [3.63, 3.8) is 0 Å². The molecule has 0 radical (unpaired) electrons. The van der Waals surface area contributed by atoms with Crippen LogP contribution in [0.3, 0.4) is 0 Å². The lowest BCUT2D eigenvalue weighted by molar-refractivity contribution is -0.141. The number of amides is 1. The molecule has 1 aliphatic rings. The first-order valence-electron chi connectivity index (χ1n) is 8.68. The van der Waals surface area contributed by atoms with Gasteiger partial charge in [-0.15, -0.1) is 0 Å². The molecule has 0 saturated heterocycles. The minimum atomic E-state index is -0.0575. The van der Waals surface area contributed by atoms with Gasteiger partial charge in [-0.1, -0.05) is 36.4 Å². The molecule has 0 bridgehead atoms. The first-order chi connectivity index (χ1) is 11.2. The van der Waals surface area contributed by atoms with Crippen molar-refractivity contribution in [1.29, 1.82) is 0 Å². The molecule has 0 spiro atoms. The highest BCUT2D eigenvalue weighted by molar-refractivity contribution is 5.83. The fraction of sp³-hybridized carbons (Fsp3) is 0.450. The zero-order chi connectivity index (χ0) is 16.4. The van der Waals surface area contributed by atoms with Crippen molar-refractivity contribution in [3.8, 4) is 0 Å². The van der Waals surface area contributed by atoms with Gasteiger partial charge in [0.1, 0.15) is 0 Å². The SMILES string of the molecule is CCN(CC)C(=O)[C@@H]1CC[C@@H]1C(N)c1ccc2ccccc2c1. The lowest BCUT2D eigenvalue weighted by atomic mass is 9.67. The van der Waals surface area contributed by atoms with Gasteiger partial charge in [-0.05, 0) is 55.0 Å². The molecule has 0 aliphatic heterocycles. The molecule has 122 valence electrons. The van der Waals surface area contributed by atoms with Gasteiger partial charge in [-0.3, -0.25) is 4.79 Å². The van der Waals surface area contributed by atoms with E-state index in [4.69, 9.17) is 5.73 Å². The second-order valence-corrected chi connectivity index (χ2v) is 6.49. The van der Waals surface area contributed by atoms with Gasteiger partial charge in [0.2, 0.25) is 5.91 Å². The number of hydrogen-bond donors (Lipinski definition) is 1. The van der Waals surface area contributed by atoms with Gasteiger partial charge in [0.15, 0.2) is 0 Å². The van der Waals surface area contributed by atoms with E-state index in [0.717, 1.165) is 31.5 Å². The van der Waals surface area contributed by atoms with Gasteiger partial charge in [-0.2, -0.15) is 0 Å². The molecule has 1 saturated carbocycles. The smallest absolute Gasteiger partial charge is 0.226 e. The predicted molar refractivity (Wildman–Crippen MR) is 95.0 cm³/mol. The number of fused-ring (bicyclic) bond motifs is 1. The van der Waals surface area contributed by atoms with Crippen LogP contribution in [0.5, 0.6) is 0 Å². The number of hydrogen-bond acceptors (Lipinski definition) is 2. The van der Waals surface area contributed by atoms with Crippen LogP contribution in [-0.2, 0) is 4.79 Å². The number of carbonyl (C=O) groups is 1. The Morgan fingerprint density at radius 2 is 1.83 bits per heavy atom. The van der Waals surface area contributed by atoms with Gasteiger partial charge in [-0.25, -0.2) is 0 Å². The molecule has 1 fully saturated rings. The minimum absolute atomic E-state index is 0.0575. The first kappa shape index (κ1) is 16.0. The summed E-state index contributed by atoms with van der Waals surface area (Å²) < 4.78 is 0. The number of nitrogens with two attached hydrogens (primary N) is 1. The lowest BCUT2D eigenvalue weighted by Gasteiger charge is -2.41. The van der Waals surface area contributed by atoms with E-state index in [1.807, 2.05) is 30.9 Å². The molecule has 0 heterocycles. The summed E-state index contributed by atoms with van der Waals surface area (Å²) in [7, 11) is 0.